The van der Waals surface area contributed by atoms with Gasteiger partial charge in [0, 0.05) is 24.4 Å². The summed E-state index contributed by atoms with van der Waals surface area (Å²) < 4.78 is 90.7. The van der Waals surface area contributed by atoms with Crippen LogP contribution < -0.4 is 4.74 Å². The van der Waals surface area contributed by atoms with Crippen LogP contribution in [-0.2, 0) is 34.0 Å². The number of benzene rings is 3. The summed E-state index contributed by atoms with van der Waals surface area (Å²) in [7, 11) is -4.10. The number of carbonyl (C=O) groups excluding carboxylic acids is 1. The molecule has 1 fully saturated rings. The van der Waals surface area contributed by atoms with Crippen molar-refractivity contribution < 1.29 is 39.9 Å². The van der Waals surface area contributed by atoms with Gasteiger partial charge in [0.25, 0.3) is 10.0 Å². The van der Waals surface area contributed by atoms with Crippen molar-refractivity contribution in [2.45, 2.75) is 49.6 Å². The van der Waals surface area contributed by atoms with Gasteiger partial charge >= 0.3 is 6.18 Å². The van der Waals surface area contributed by atoms with Crippen molar-refractivity contribution in [3.8, 4) is 5.75 Å². The molecule has 11 heteroatoms. The highest BCUT2D eigenvalue weighted by Crippen LogP contribution is 2.32. The predicted octanol–water partition coefficient (Wildman–Crippen LogP) is 6.52. The van der Waals surface area contributed by atoms with E-state index in [1.54, 1.807) is 18.2 Å². The second-order valence-corrected chi connectivity index (χ2v) is 11.4. The Bertz CT molecular complexity index is 1630. The number of furan rings is 1. The van der Waals surface area contributed by atoms with Crippen LogP contribution in [0.25, 0.3) is 11.0 Å². The van der Waals surface area contributed by atoms with Crippen LogP contribution in [0.1, 0.15) is 36.0 Å². The van der Waals surface area contributed by atoms with Gasteiger partial charge in [0.05, 0.1) is 11.6 Å². The van der Waals surface area contributed by atoms with Crippen molar-refractivity contribution in [1.82, 2.24) is 4.31 Å². The van der Waals surface area contributed by atoms with Gasteiger partial charge in [-0.25, -0.2) is 12.8 Å². The van der Waals surface area contributed by atoms with Gasteiger partial charge < -0.3 is 9.15 Å². The third-order valence-corrected chi connectivity index (χ3v) is 8.60. The normalized spacial score (nSPS) is 16.4. The molecule has 0 bridgehead atoms. The van der Waals surface area contributed by atoms with E-state index in [0.717, 1.165) is 22.0 Å². The molecule has 40 heavy (non-hydrogen) atoms. The van der Waals surface area contributed by atoms with Crippen molar-refractivity contribution in [1.29, 1.82) is 0 Å². The lowest BCUT2D eigenvalue weighted by molar-refractivity contribution is -0.137. The highest BCUT2D eigenvalue weighted by Gasteiger charge is 2.40. The number of hydrogen-bond donors (Lipinski definition) is 0. The molecule has 0 N–H and O–H groups in total. The molecule has 5 rings (SSSR count). The van der Waals surface area contributed by atoms with Crippen LogP contribution in [-0.4, -0.2) is 31.1 Å². The fraction of sp³-hybridized carbons (Fsp3) is 0.276. The first kappa shape index (κ1) is 27.9. The molecular formula is C29H25F4NO5S. The summed E-state index contributed by atoms with van der Waals surface area (Å²) in [6, 6.07) is 15.9. The maximum absolute atomic E-state index is 13.5. The SMILES string of the molecule is O=C(CCc1cccc(OCc2ccc(C(F)(F)F)cc2)c1)C1CCCN1S(=O)(=O)c1cc2cc(F)ccc2o1. The molecule has 1 atom stereocenters. The molecule has 4 aromatic rings. The number of halogens is 4. The van der Waals surface area contributed by atoms with Crippen LogP contribution in [0.15, 0.2) is 82.3 Å². The molecule has 0 radical (unpaired) electrons. The molecule has 1 unspecified atom stereocenters. The smallest absolute Gasteiger partial charge is 0.416 e. The summed E-state index contributed by atoms with van der Waals surface area (Å²) in [6.45, 7) is 0.251. The molecule has 0 spiro atoms. The monoisotopic (exact) mass is 575 g/mol. The number of alkyl halides is 3. The number of ketones is 1. The summed E-state index contributed by atoms with van der Waals surface area (Å²) in [5.41, 5.74) is 0.877. The topological polar surface area (TPSA) is 76.8 Å². The molecule has 1 aliphatic rings. The lowest BCUT2D eigenvalue weighted by Gasteiger charge is -2.21. The lowest BCUT2D eigenvalue weighted by Crippen LogP contribution is -2.40. The molecule has 0 saturated carbocycles. The molecule has 1 aliphatic heterocycles. The Balaban J connectivity index is 1.20. The lowest BCUT2D eigenvalue weighted by atomic mass is 10.0. The second kappa shape index (κ2) is 11.1. The number of aryl methyl sites for hydroxylation is 1. The van der Waals surface area contributed by atoms with Gasteiger partial charge in [-0.05, 0) is 72.9 Å². The molecule has 0 aliphatic carbocycles. The van der Waals surface area contributed by atoms with Crippen LogP contribution in [0.2, 0.25) is 0 Å². The summed E-state index contributed by atoms with van der Waals surface area (Å²) in [4.78, 5) is 13.1. The van der Waals surface area contributed by atoms with E-state index >= 15 is 0 Å². The van der Waals surface area contributed by atoms with Gasteiger partial charge in [-0.2, -0.15) is 17.5 Å². The van der Waals surface area contributed by atoms with E-state index < -0.39 is 33.6 Å². The van der Waals surface area contributed by atoms with E-state index in [9.17, 15) is 30.8 Å². The number of rotatable bonds is 9. The number of fused-ring (bicyclic) bond motifs is 1. The summed E-state index contributed by atoms with van der Waals surface area (Å²) in [5, 5.41) is -0.00762. The standard InChI is InChI=1S/C29H25F4NO5S/c30-23-11-13-27-21(16-23)17-28(39-27)40(36,37)34-14-2-5-25(34)26(35)12-8-19-3-1-4-24(15-19)38-18-20-6-9-22(10-7-20)29(31,32)33/h1,3-4,6-7,9-11,13,15-17,25H,2,5,8,12,14,18H2. The van der Waals surface area contributed by atoms with Gasteiger partial charge in [-0.1, -0.05) is 24.3 Å². The third kappa shape index (κ3) is 6.05. The van der Waals surface area contributed by atoms with Gasteiger partial charge in [-0.15, -0.1) is 0 Å². The van der Waals surface area contributed by atoms with Gasteiger partial charge in [0.2, 0.25) is 5.09 Å². The van der Waals surface area contributed by atoms with Crippen LogP contribution in [0.5, 0.6) is 5.75 Å². The van der Waals surface area contributed by atoms with E-state index in [0.29, 0.717) is 36.0 Å². The van der Waals surface area contributed by atoms with Gasteiger partial charge in [-0.3, -0.25) is 4.79 Å². The number of carbonyl (C=O) groups is 1. The maximum atomic E-state index is 13.5. The van der Waals surface area contributed by atoms with Crippen LogP contribution in [0.4, 0.5) is 17.6 Å². The maximum Gasteiger partial charge on any atom is 0.416 e. The Hall–Kier alpha value is -3.70. The minimum Gasteiger partial charge on any atom is -0.489 e. The highest BCUT2D eigenvalue weighted by molar-refractivity contribution is 7.89. The third-order valence-electron chi connectivity index (χ3n) is 6.84. The van der Waals surface area contributed by atoms with Gasteiger partial charge in [0.1, 0.15) is 23.8 Å². The number of nitrogens with zero attached hydrogens (tertiary/aromatic N) is 1. The van der Waals surface area contributed by atoms with E-state index in [1.807, 2.05) is 6.07 Å². The summed E-state index contributed by atoms with van der Waals surface area (Å²) in [6.07, 6.45) is -3.03. The zero-order valence-corrected chi connectivity index (χ0v) is 22.0. The molecule has 0 amide bonds. The van der Waals surface area contributed by atoms with Gasteiger partial charge in [0.15, 0.2) is 5.78 Å². The number of sulfonamides is 1. The van der Waals surface area contributed by atoms with Crippen molar-refractivity contribution in [2.24, 2.45) is 0 Å². The molecule has 3 aromatic carbocycles. The zero-order chi connectivity index (χ0) is 28.5. The minimum absolute atomic E-state index is 0.0733. The Morgan fingerprint density at radius 3 is 2.52 bits per heavy atom. The van der Waals surface area contributed by atoms with E-state index in [2.05, 4.69) is 0 Å². The average molecular weight is 576 g/mol. The second-order valence-electron chi connectivity index (χ2n) is 9.62. The van der Waals surface area contributed by atoms with Crippen LogP contribution in [0.3, 0.4) is 0 Å². The first-order valence-corrected chi connectivity index (χ1v) is 14.1. The van der Waals surface area contributed by atoms with Crippen molar-refractivity contribution in [3.05, 3.63) is 95.3 Å². The first-order chi connectivity index (χ1) is 19.0. The first-order valence-electron chi connectivity index (χ1n) is 12.6. The zero-order valence-electron chi connectivity index (χ0n) is 21.2. The Morgan fingerprint density at radius 2 is 1.77 bits per heavy atom. The van der Waals surface area contributed by atoms with E-state index in [1.165, 1.54) is 36.4 Å². The van der Waals surface area contributed by atoms with Crippen LogP contribution in [0, 0.1) is 5.82 Å². The predicted molar refractivity (Wildman–Crippen MR) is 139 cm³/mol. The molecule has 1 aromatic heterocycles. The van der Waals surface area contributed by atoms with Crippen molar-refractivity contribution in [3.63, 3.8) is 0 Å². The molecule has 2 heterocycles. The Kier molecular flexibility index (Phi) is 7.70. The average Bonchev–Trinajstić information content (AvgIpc) is 3.59. The van der Waals surface area contributed by atoms with Crippen molar-refractivity contribution >= 4 is 26.8 Å². The molecule has 210 valence electrons. The van der Waals surface area contributed by atoms with Crippen LogP contribution >= 0.6 is 0 Å². The summed E-state index contributed by atoms with van der Waals surface area (Å²) in [5.74, 6) is -0.240. The number of hydrogen-bond acceptors (Lipinski definition) is 5. The Morgan fingerprint density at radius 1 is 1.00 bits per heavy atom. The van der Waals surface area contributed by atoms with E-state index in [-0.39, 0.29) is 36.0 Å². The Labute approximate surface area is 228 Å². The number of Topliss-reactive ketones (excluding diaryl/α,β-unsaturated/α-hetero) is 1. The fourth-order valence-corrected chi connectivity index (χ4v) is 6.39. The molecular weight excluding hydrogens is 550 g/mol. The molecule has 1 saturated heterocycles. The number of ether oxygens (including phenoxy) is 1. The quantitative estimate of drug-likeness (QED) is 0.212. The highest BCUT2D eigenvalue weighted by atomic mass is 32.2. The van der Waals surface area contributed by atoms with Crippen molar-refractivity contribution in [2.75, 3.05) is 6.54 Å². The molecule has 6 nitrogen and oxygen atoms in total. The van der Waals surface area contributed by atoms with E-state index in [4.69, 9.17) is 9.15 Å². The summed E-state index contributed by atoms with van der Waals surface area (Å²) >= 11 is 0. The largest absolute Gasteiger partial charge is 0.489 e. The minimum atomic E-state index is -4.40. The fourth-order valence-electron chi connectivity index (χ4n) is 4.76.